The lowest BCUT2D eigenvalue weighted by atomic mass is 10.1. The molecule has 1 N–H and O–H groups in total. The summed E-state index contributed by atoms with van der Waals surface area (Å²) >= 11 is -0.126. The molecule has 0 fully saturated rings. The minimum Gasteiger partial charge on any atom is -0.317 e. The number of alkyl halides is 3. The van der Waals surface area contributed by atoms with Crippen molar-refractivity contribution < 1.29 is 13.2 Å². The Balaban J connectivity index is 0.000000524. The summed E-state index contributed by atoms with van der Waals surface area (Å²) in [5.74, 6) is 0. The van der Waals surface area contributed by atoms with Crippen LogP contribution in [0.4, 0.5) is 13.2 Å². The van der Waals surface area contributed by atoms with Gasteiger partial charge in [-0.1, -0.05) is 96.3 Å². The predicted octanol–water partition coefficient (Wildman–Crippen LogP) is 10.2. The Morgan fingerprint density at radius 2 is 1.40 bits per heavy atom. The van der Waals surface area contributed by atoms with Crippen molar-refractivity contribution in [2.75, 3.05) is 13.1 Å². The average molecular weight is 575 g/mol. The molecule has 8 heteroatoms. The Morgan fingerprint density at radius 3 is 1.98 bits per heavy atom. The van der Waals surface area contributed by atoms with E-state index in [4.69, 9.17) is 0 Å². The number of benzene rings is 2. The minimum atomic E-state index is -4.29. The first-order valence-corrected chi connectivity index (χ1v) is 15.1. The van der Waals surface area contributed by atoms with Gasteiger partial charge in [-0.15, -0.1) is 0 Å². The molecule has 4 nitrogen and oxygen atoms in total. The third-order valence-electron chi connectivity index (χ3n) is 5.52. The smallest absolute Gasteiger partial charge is 0.317 e. The number of rotatable bonds is 9. The molecule has 0 atom stereocenters. The van der Waals surface area contributed by atoms with E-state index in [2.05, 4.69) is 29.2 Å². The van der Waals surface area contributed by atoms with Gasteiger partial charge in [-0.2, -0.15) is 18.3 Å². The lowest BCUT2D eigenvalue weighted by Crippen LogP contribution is -2.15. The SMILES string of the molecule is CC.CC.CCCCCNCCC.Cc1ccc(-c2cnc3c(-c4ccc(SC(F)(F)F)cc4)cnn3c2)cc1. The number of nitrogens with zero attached hydrogens (tertiary/aromatic N) is 3. The van der Waals surface area contributed by atoms with E-state index in [0.29, 0.717) is 5.65 Å². The maximum absolute atomic E-state index is 12.5. The molecule has 0 saturated carbocycles. The Kier molecular flexibility index (Phi) is 17.0. The summed E-state index contributed by atoms with van der Waals surface area (Å²) in [6, 6.07) is 14.3. The van der Waals surface area contributed by atoms with Gasteiger partial charge in [0.15, 0.2) is 5.65 Å². The molecular weight excluding hydrogens is 529 g/mol. The van der Waals surface area contributed by atoms with Gasteiger partial charge in [-0.3, -0.25) is 0 Å². The molecule has 0 unspecified atom stereocenters. The lowest BCUT2D eigenvalue weighted by molar-refractivity contribution is -0.0328. The molecule has 0 aliphatic rings. The molecule has 220 valence electrons. The van der Waals surface area contributed by atoms with Gasteiger partial charge in [-0.05, 0) is 67.9 Å². The Labute approximate surface area is 242 Å². The average Bonchev–Trinajstić information content (AvgIpc) is 3.39. The van der Waals surface area contributed by atoms with Gasteiger partial charge in [0.05, 0.1) is 6.20 Å². The zero-order chi connectivity index (χ0) is 30.0. The maximum atomic E-state index is 12.5. The number of aromatic nitrogens is 3. The van der Waals surface area contributed by atoms with Crippen LogP contribution in [-0.4, -0.2) is 33.2 Å². The zero-order valence-corrected chi connectivity index (χ0v) is 25.8. The number of thioether (sulfide) groups is 1. The largest absolute Gasteiger partial charge is 0.446 e. The number of hydrogen-bond donors (Lipinski definition) is 1. The number of unbranched alkanes of at least 4 members (excludes halogenated alkanes) is 2. The number of fused-ring (bicyclic) bond motifs is 1. The summed E-state index contributed by atoms with van der Waals surface area (Å²) in [7, 11) is 0. The van der Waals surface area contributed by atoms with Crippen molar-refractivity contribution in [3.8, 4) is 22.3 Å². The molecule has 0 spiro atoms. The van der Waals surface area contributed by atoms with Gasteiger partial charge in [0.1, 0.15) is 0 Å². The molecule has 4 rings (SSSR count). The highest BCUT2D eigenvalue weighted by molar-refractivity contribution is 8.00. The first kappa shape index (κ1) is 35.2. The first-order valence-electron chi connectivity index (χ1n) is 14.3. The van der Waals surface area contributed by atoms with Crippen molar-refractivity contribution in [1.82, 2.24) is 19.9 Å². The fraction of sp³-hybridized carbons (Fsp3) is 0.438. The normalized spacial score (nSPS) is 10.6. The number of halogens is 3. The van der Waals surface area contributed by atoms with Gasteiger partial charge in [-0.25, -0.2) is 9.50 Å². The van der Waals surface area contributed by atoms with E-state index in [1.165, 1.54) is 56.5 Å². The Hall–Kier alpha value is -2.84. The van der Waals surface area contributed by atoms with Crippen LogP contribution in [0.25, 0.3) is 27.9 Å². The van der Waals surface area contributed by atoms with E-state index < -0.39 is 5.51 Å². The number of aryl methyl sites for hydroxylation is 1. The van der Waals surface area contributed by atoms with Gasteiger partial charge in [0.25, 0.3) is 0 Å². The molecule has 4 aromatic rings. The van der Waals surface area contributed by atoms with E-state index in [9.17, 15) is 13.2 Å². The monoisotopic (exact) mass is 574 g/mol. The molecule has 0 saturated heterocycles. The third kappa shape index (κ3) is 12.1. The molecule has 0 radical (unpaired) electrons. The molecule has 0 aliphatic heterocycles. The summed E-state index contributed by atoms with van der Waals surface area (Å²) in [5, 5.41) is 7.72. The molecule has 0 aliphatic carbocycles. The van der Waals surface area contributed by atoms with E-state index in [1.54, 1.807) is 29.0 Å². The highest BCUT2D eigenvalue weighted by atomic mass is 32.2. The topological polar surface area (TPSA) is 42.2 Å². The maximum Gasteiger partial charge on any atom is 0.446 e. The van der Waals surface area contributed by atoms with E-state index in [1.807, 2.05) is 65.1 Å². The van der Waals surface area contributed by atoms with Crippen molar-refractivity contribution in [3.63, 3.8) is 0 Å². The van der Waals surface area contributed by atoms with Crippen molar-refractivity contribution in [2.45, 2.75) is 84.6 Å². The van der Waals surface area contributed by atoms with Crippen LogP contribution in [0.1, 0.15) is 72.8 Å². The fourth-order valence-corrected chi connectivity index (χ4v) is 4.15. The van der Waals surface area contributed by atoms with Crippen molar-refractivity contribution in [3.05, 3.63) is 72.7 Å². The molecule has 0 amide bonds. The summed E-state index contributed by atoms with van der Waals surface area (Å²) in [6.07, 6.45) is 10.6. The Bertz CT molecular complexity index is 1200. The van der Waals surface area contributed by atoms with Crippen LogP contribution in [0, 0.1) is 6.92 Å². The third-order valence-corrected chi connectivity index (χ3v) is 6.26. The second-order valence-electron chi connectivity index (χ2n) is 8.56. The second kappa shape index (κ2) is 19.3. The van der Waals surface area contributed by atoms with Gasteiger partial charge < -0.3 is 5.32 Å². The number of nitrogens with one attached hydrogen (secondary N) is 1. The zero-order valence-electron chi connectivity index (χ0n) is 25.0. The van der Waals surface area contributed by atoms with E-state index >= 15 is 0 Å². The fourth-order valence-electron chi connectivity index (χ4n) is 3.61. The lowest BCUT2D eigenvalue weighted by Gasteiger charge is -2.06. The molecule has 40 heavy (non-hydrogen) atoms. The van der Waals surface area contributed by atoms with Crippen LogP contribution in [0.2, 0.25) is 0 Å². The van der Waals surface area contributed by atoms with Crippen LogP contribution < -0.4 is 5.32 Å². The van der Waals surface area contributed by atoms with Crippen LogP contribution in [0.15, 0.2) is 72.0 Å². The summed E-state index contributed by atoms with van der Waals surface area (Å²) < 4.78 is 39.1. The minimum absolute atomic E-state index is 0.126. The highest BCUT2D eigenvalue weighted by Gasteiger charge is 2.29. The van der Waals surface area contributed by atoms with Gasteiger partial charge >= 0.3 is 5.51 Å². The first-order chi connectivity index (χ1) is 19.3. The van der Waals surface area contributed by atoms with Crippen LogP contribution >= 0.6 is 11.8 Å². The highest BCUT2D eigenvalue weighted by Crippen LogP contribution is 2.37. The molecule has 2 aromatic heterocycles. The van der Waals surface area contributed by atoms with Crippen LogP contribution in [0.5, 0.6) is 0 Å². The molecule has 2 heterocycles. The number of hydrogen-bond acceptors (Lipinski definition) is 4. The van der Waals surface area contributed by atoms with Crippen molar-refractivity contribution >= 4 is 17.4 Å². The quantitative estimate of drug-likeness (QED) is 0.159. The molecular formula is C32H45F3N4S. The second-order valence-corrected chi connectivity index (χ2v) is 9.70. The predicted molar refractivity (Wildman–Crippen MR) is 166 cm³/mol. The van der Waals surface area contributed by atoms with Crippen LogP contribution in [0.3, 0.4) is 0 Å². The Morgan fingerprint density at radius 1 is 0.775 bits per heavy atom. The van der Waals surface area contributed by atoms with E-state index in [-0.39, 0.29) is 16.7 Å². The van der Waals surface area contributed by atoms with Gasteiger partial charge in [0.2, 0.25) is 0 Å². The molecule has 2 aromatic carbocycles. The summed E-state index contributed by atoms with van der Waals surface area (Å²) in [4.78, 5) is 4.66. The van der Waals surface area contributed by atoms with Crippen molar-refractivity contribution in [1.29, 1.82) is 0 Å². The summed E-state index contributed by atoms with van der Waals surface area (Å²) in [5.41, 5.74) is 1.07. The standard InChI is InChI=1S/C20H14F3N3S.C8H19N.2C2H6/c1-13-2-4-14(5-3-13)16-10-24-19-18(11-25-26(19)12-16)15-6-8-17(9-7-15)27-20(21,22)23;1-3-5-6-8-9-7-4-2;2*1-2/h2-12H,1H3;9H,3-8H2,1-2H3;2*1-2H3. The van der Waals surface area contributed by atoms with Crippen molar-refractivity contribution in [2.24, 2.45) is 0 Å². The summed E-state index contributed by atoms with van der Waals surface area (Å²) in [6.45, 7) is 16.9. The molecule has 0 bridgehead atoms. The van der Waals surface area contributed by atoms with E-state index in [0.717, 1.165) is 22.3 Å². The van der Waals surface area contributed by atoms with Crippen LogP contribution in [-0.2, 0) is 0 Å². The van der Waals surface area contributed by atoms with Gasteiger partial charge in [0, 0.05) is 28.4 Å².